The van der Waals surface area contributed by atoms with Crippen LogP contribution in [0.5, 0.6) is 0 Å². The van der Waals surface area contributed by atoms with E-state index >= 15 is 0 Å². The van der Waals surface area contributed by atoms with E-state index in [4.69, 9.17) is 5.11 Å². The van der Waals surface area contributed by atoms with Gasteiger partial charge in [0.05, 0.1) is 13.2 Å². The molecular weight excluding hydrogens is 318 g/mol. The first-order valence-corrected chi connectivity index (χ1v) is 8.10. The fourth-order valence-electron chi connectivity index (χ4n) is 2.12. The lowest BCUT2D eigenvalue weighted by Gasteiger charge is -2.11. The zero-order valence-corrected chi connectivity index (χ0v) is 14.4. The summed E-state index contributed by atoms with van der Waals surface area (Å²) in [6, 6.07) is 14.1. The summed E-state index contributed by atoms with van der Waals surface area (Å²) in [6.07, 6.45) is 0. The van der Waals surface area contributed by atoms with Gasteiger partial charge in [0.2, 0.25) is 5.91 Å². The maximum Gasteiger partial charge on any atom is 0.251 e. The van der Waals surface area contributed by atoms with Crippen LogP contribution in [0.3, 0.4) is 0 Å². The molecule has 0 saturated heterocycles. The summed E-state index contributed by atoms with van der Waals surface area (Å²) < 4.78 is 0. The van der Waals surface area contributed by atoms with E-state index in [-0.39, 0.29) is 31.0 Å². The highest BCUT2D eigenvalue weighted by molar-refractivity contribution is 5.95. The van der Waals surface area contributed by atoms with Crippen molar-refractivity contribution in [2.24, 2.45) is 0 Å². The quantitative estimate of drug-likeness (QED) is 0.621. The molecule has 0 saturated carbocycles. The molecule has 2 rings (SSSR count). The van der Waals surface area contributed by atoms with Crippen LogP contribution >= 0.6 is 0 Å². The van der Waals surface area contributed by atoms with Gasteiger partial charge in [0.1, 0.15) is 0 Å². The zero-order chi connectivity index (χ0) is 18.2. The van der Waals surface area contributed by atoms with Crippen LogP contribution in [0.25, 0.3) is 0 Å². The Balaban J connectivity index is 1.83. The largest absolute Gasteiger partial charge is 0.394 e. The maximum atomic E-state index is 11.9. The van der Waals surface area contributed by atoms with Crippen LogP contribution in [0.1, 0.15) is 22.8 Å². The van der Waals surface area contributed by atoms with Crippen molar-refractivity contribution in [2.75, 3.05) is 23.8 Å². The smallest absolute Gasteiger partial charge is 0.251 e. The van der Waals surface area contributed by atoms with Gasteiger partial charge >= 0.3 is 0 Å². The Hall–Kier alpha value is -2.86. The zero-order valence-electron chi connectivity index (χ0n) is 14.4. The monoisotopic (exact) mass is 341 g/mol. The van der Waals surface area contributed by atoms with Crippen molar-refractivity contribution >= 4 is 23.2 Å². The van der Waals surface area contributed by atoms with Crippen LogP contribution in [0.15, 0.2) is 48.5 Å². The van der Waals surface area contributed by atoms with Crippen molar-refractivity contribution in [1.29, 1.82) is 0 Å². The Bertz CT molecular complexity index is 712. The highest BCUT2D eigenvalue weighted by Crippen LogP contribution is 2.11. The second-order valence-corrected chi connectivity index (χ2v) is 5.90. The molecular formula is C19H23N3O3. The maximum absolute atomic E-state index is 11.9. The van der Waals surface area contributed by atoms with Crippen LogP contribution in [-0.4, -0.2) is 36.1 Å². The highest BCUT2D eigenvalue weighted by atomic mass is 16.3. The number of aryl methyl sites for hydroxylation is 1. The lowest BCUT2D eigenvalue weighted by molar-refractivity contribution is -0.114. The Morgan fingerprint density at radius 1 is 1.00 bits per heavy atom. The van der Waals surface area contributed by atoms with Crippen LogP contribution in [0, 0.1) is 6.92 Å². The van der Waals surface area contributed by atoms with Crippen LogP contribution in [0.4, 0.5) is 11.4 Å². The molecule has 0 fully saturated rings. The number of nitrogens with one attached hydrogen (secondary N) is 3. The minimum absolute atomic E-state index is 0.110. The SMILES string of the molecule is Cc1ccc(NC(=O)CNc2ccc(C(=O)N[C@@H](C)CO)cc2)cc1. The van der Waals surface area contributed by atoms with Gasteiger partial charge in [-0.3, -0.25) is 9.59 Å². The molecule has 2 amide bonds. The number of amides is 2. The molecule has 0 bridgehead atoms. The van der Waals surface area contributed by atoms with Gasteiger partial charge in [0, 0.05) is 23.0 Å². The fraction of sp³-hybridized carbons (Fsp3) is 0.263. The van der Waals surface area contributed by atoms with E-state index in [0.717, 1.165) is 16.9 Å². The minimum atomic E-state index is -0.296. The van der Waals surface area contributed by atoms with Crippen LogP contribution in [-0.2, 0) is 4.79 Å². The van der Waals surface area contributed by atoms with Crippen LogP contribution < -0.4 is 16.0 Å². The Morgan fingerprint density at radius 2 is 1.60 bits per heavy atom. The number of rotatable bonds is 7. The van der Waals surface area contributed by atoms with Gasteiger partial charge in [0.15, 0.2) is 0 Å². The lowest BCUT2D eigenvalue weighted by atomic mass is 10.2. The summed E-state index contributed by atoms with van der Waals surface area (Å²) in [5.74, 6) is -0.396. The van der Waals surface area contributed by atoms with Crippen molar-refractivity contribution in [3.05, 3.63) is 59.7 Å². The molecule has 6 heteroatoms. The molecule has 0 spiro atoms. The van der Waals surface area contributed by atoms with Crippen molar-refractivity contribution in [1.82, 2.24) is 5.32 Å². The van der Waals surface area contributed by atoms with E-state index in [1.807, 2.05) is 31.2 Å². The Morgan fingerprint density at radius 3 is 2.20 bits per heavy atom. The Kier molecular flexibility index (Phi) is 6.54. The molecule has 2 aromatic carbocycles. The number of hydrogen-bond acceptors (Lipinski definition) is 4. The number of carbonyl (C=O) groups excluding carboxylic acids is 2. The number of hydrogen-bond donors (Lipinski definition) is 4. The van der Waals surface area contributed by atoms with Gasteiger partial charge in [-0.15, -0.1) is 0 Å². The predicted molar refractivity (Wildman–Crippen MR) is 98.8 cm³/mol. The average Bonchev–Trinajstić information content (AvgIpc) is 2.62. The second kappa shape index (κ2) is 8.84. The van der Waals surface area contributed by atoms with Crippen molar-refractivity contribution in [3.63, 3.8) is 0 Å². The van der Waals surface area contributed by atoms with Crippen molar-refractivity contribution in [3.8, 4) is 0 Å². The first-order valence-electron chi connectivity index (χ1n) is 8.10. The average molecular weight is 341 g/mol. The van der Waals surface area contributed by atoms with E-state index in [0.29, 0.717) is 5.56 Å². The summed E-state index contributed by atoms with van der Waals surface area (Å²) >= 11 is 0. The number of carbonyl (C=O) groups is 2. The van der Waals surface area contributed by atoms with E-state index < -0.39 is 0 Å². The second-order valence-electron chi connectivity index (χ2n) is 5.90. The molecule has 0 aliphatic heterocycles. The van der Waals surface area contributed by atoms with Crippen molar-refractivity contribution < 1.29 is 14.7 Å². The number of anilines is 2. The summed E-state index contributed by atoms with van der Waals surface area (Å²) in [5.41, 5.74) is 3.12. The predicted octanol–water partition coefficient (Wildman–Crippen LogP) is 2.16. The van der Waals surface area contributed by atoms with Gasteiger partial charge in [0.25, 0.3) is 5.91 Å². The summed E-state index contributed by atoms with van der Waals surface area (Å²) in [4.78, 5) is 23.9. The minimum Gasteiger partial charge on any atom is -0.394 e. The molecule has 0 unspecified atom stereocenters. The standard InChI is InChI=1S/C19H23N3O3/c1-13-3-7-17(8-4-13)22-18(24)11-20-16-9-5-15(6-10-16)19(25)21-14(2)12-23/h3-10,14,20,23H,11-12H2,1-2H3,(H,21,25)(H,22,24)/t14-/m0/s1. The summed E-state index contributed by atoms with van der Waals surface area (Å²) in [5, 5.41) is 17.4. The Labute approximate surface area is 147 Å². The van der Waals surface area contributed by atoms with E-state index in [1.54, 1.807) is 31.2 Å². The molecule has 2 aromatic rings. The topological polar surface area (TPSA) is 90.5 Å². The third kappa shape index (κ3) is 5.93. The molecule has 0 radical (unpaired) electrons. The lowest BCUT2D eigenvalue weighted by Crippen LogP contribution is -2.34. The molecule has 0 aliphatic carbocycles. The van der Waals surface area contributed by atoms with Gasteiger partial charge in [-0.1, -0.05) is 17.7 Å². The number of aliphatic hydroxyl groups excluding tert-OH is 1. The molecule has 1 atom stereocenters. The molecule has 25 heavy (non-hydrogen) atoms. The first kappa shape index (κ1) is 18.5. The molecule has 6 nitrogen and oxygen atoms in total. The molecule has 4 N–H and O–H groups in total. The van der Waals surface area contributed by atoms with Gasteiger partial charge in [-0.2, -0.15) is 0 Å². The number of benzene rings is 2. The van der Waals surface area contributed by atoms with Gasteiger partial charge in [-0.25, -0.2) is 0 Å². The fourth-order valence-corrected chi connectivity index (χ4v) is 2.12. The van der Waals surface area contributed by atoms with Crippen molar-refractivity contribution in [2.45, 2.75) is 19.9 Å². The third-order valence-electron chi connectivity index (χ3n) is 3.59. The third-order valence-corrected chi connectivity index (χ3v) is 3.59. The highest BCUT2D eigenvalue weighted by Gasteiger charge is 2.09. The van der Waals surface area contributed by atoms with E-state index in [1.165, 1.54) is 0 Å². The molecule has 132 valence electrons. The van der Waals surface area contributed by atoms with E-state index in [9.17, 15) is 9.59 Å². The van der Waals surface area contributed by atoms with Crippen LogP contribution in [0.2, 0.25) is 0 Å². The summed E-state index contributed by atoms with van der Waals surface area (Å²) in [6.45, 7) is 3.73. The van der Waals surface area contributed by atoms with Gasteiger partial charge in [-0.05, 0) is 50.2 Å². The van der Waals surface area contributed by atoms with E-state index in [2.05, 4.69) is 16.0 Å². The summed E-state index contributed by atoms with van der Waals surface area (Å²) in [7, 11) is 0. The molecule has 0 aliphatic rings. The van der Waals surface area contributed by atoms with Gasteiger partial charge < -0.3 is 21.1 Å². The number of aliphatic hydroxyl groups is 1. The molecule has 0 heterocycles. The normalized spacial score (nSPS) is 11.5. The molecule has 0 aromatic heterocycles. The first-order chi connectivity index (χ1) is 12.0.